The zero-order valence-corrected chi connectivity index (χ0v) is 29.7. The van der Waals surface area contributed by atoms with Gasteiger partial charge >= 0.3 is 0 Å². The van der Waals surface area contributed by atoms with Crippen LogP contribution in [0.25, 0.3) is 78.0 Å². The van der Waals surface area contributed by atoms with Crippen molar-refractivity contribution in [3.8, 4) is 56.4 Å². The highest BCUT2D eigenvalue weighted by Crippen LogP contribution is 2.44. The molecule has 10 rings (SSSR count). The van der Waals surface area contributed by atoms with Gasteiger partial charge in [0.25, 0.3) is 0 Å². The van der Waals surface area contributed by atoms with Crippen LogP contribution in [-0.2, 0) is 0 Å². The zero-order chi connectivity index (χ0) is 34.6. The Morgan fingerprint density at radius 3 is 1.37 bits per heavy atom. The molecule has 1 aliphatic rings. The van der Waals surface area contributed by atoms with Gasteiger partial charge in [-0.3, -0.25) is 0 Å². The molecule has 4 heteroatoms. The Labute approximate surface area is 304 Å². The van der Waals surface area contributed by atoms with E-state index in [1.807, 2.05) is 36.4 Å². The Morgan fingerprint density at radius 1 is 0.346 bits per heavy atom. The van der Waals surface area contributed by atoms with Crippen LogP contribution in [0, 0.1) is 0 Å². The van der Waals surface area contributed by atoms with Crippen LogP contribution in [0.4, 0.5) is 0 Å². The predicted octanol–water partition coefficient (Wildman–Crippen LogP) is 9.93. The van der Waals surface area contributed by atoms with Gasteiger partial charge in [-0.2, -0.15) is 0 Å². The summed E-state index contributed by atoms with van der Waals surface area (Å²) in [6.07, 6.45) is 0. The number of hydrogen-bond acceptors (Lipinski definition) is 3. The molecule has 0 spiro atoms. The molecule has 0 amide bonds. The highest BCUT2D eigenvalue weighted by Gasteiger charge is 2.43. The summed E-state index contributed by atoms with van der Waals surface area (Å²) in [5.41, 5.74) is 8.07. The summed E-state index contributed by atoms with van der Waals surface area (Å²) in [7, 11) is -2.18. The fraction of sp³-hybridized carbons (Fsp3) is 0.0208. The molecule has 2 heterocycles. The van der Waals surface area contributed by atoms with Gasteiger partial charge in [-0.05, 0) is 65.4 Å². The van der Waals surface area contributed by atoms with Gasteiger partial charge in [0.2, 0.25) is 0 Å². The molecule has 0 bridgehead atoms. The van der Waals surface area contributed by atoms with Gasteiger partial charge in [0.15, 0.2) is 17.5 Å². The number of rotatable bonds is 5. The highest BCUT2D eigenvalue weighted by molar-refractivity contribution is 7.13. The molecule has 1 atom stereocenters. The van der Waals surface area contributed by atoms with Gasteiger partial charge in [-0.25, -0.2) is 15.0 Å². The Kier molecular flexibility index (Phi) is 7.05. The van der Waals surface area contributed by atoms with Crippen molar-refractivity contribution < 1.29 is 0 Å². The summed E-state index contributed by atoms with van der Waals surface area (Å²) < 4.78 is 0. The molecular weight excluding hydrogens is 647 g/mol. The van der Waals surface area contributed by atoms with Crippen molar-refractivity contribution in [2.45, 2.75) is 6.55 Å². The second-order valence-electron chi connectivity index (χ2n) is 13.7. The van der Waals surface area contributed by atoms with E-state index in [4.69, 9.17) is 15.0 Å². The van der Waals surface area contributed by atoms with Crippen molar-refractivity contribution in [2.75, 3.05) is 0 Å². The van der Waals surface area contributed by atoms with Crippen LogP contribution in [0.2, 0.25) is 6.55 Å². The SMILES string of the molecule is C[Si]1(c2ccccc2)c2ccccc2-c2cc(-c3c4ccccc4c(-c4nc(-c5ccccc5)nc(-c5ccccc5)n4)c4ccccc34)ccc21. The van der Waals surface area contributed by atoms with E-state index in [1.165, 1.54) is 48.6 Å². The first-order valence-electron chi connectivity index (χ1n) is 17.8. The molecule has 1 aliphatic heterocycles. The van der Waals surface area contributed by atoms with E-state index in [2.05, 4.69) is 152 Å². The maximum atomic E-state index is 5.20. The minimum Gasteiger partial charge on any atom is -0.208 e. The van der Waals surface area contributed by atoms with Crippen molar-refractivity contribution in [1.29, 1.82) is 0 Å². The Hall–Kier alpha value is -6.49. The molecule has 8 aromatic carbocycles. The zero-order valence-electron chi connectivity index (χ0n) is 28.7. The van der Waals surface area contributed by atoms with Gasteiger partial charge < -0.3 is 0 Å². The second kappa shape index (κ2) is 12.1. The molecule has 52 heavy (non-hydrogen) atoms. The van der Waals surface area contributed by atoms with Crippen LogP contribution >= 0.6 is 0 Å². The molecule has 0 aliphatic carbocycles. The van der Waals surface area contributed by atoms with Crippen LogP contribution in [0.5, 0.6) is 0 Å². The first-order chi connectivity index (χ1) is 25.7. The number of fused-ring (bicyclic) bond motifs is 5. The third kappa shape index (κ3) is 4.69. The van der Waals surface area contributed by atoms with Gasteiger partial charge in [-0.15, -0.1) is 0 Å². The molecule has 0 N–H and O–H groups in total. The quantitative estimate of drug-likeness (QED) is 0.134. The van der Waals surface area contributed by atoms with E-state index in [1.54, 1.807) is 0 Å². The van der Waals surface area contributed by atoms with E-state index in [0.717, 1.165) is 27.5 Å². The van der Waals surface area contributed by atoms with Gasteiger partial charge in [0, 0.05) is 16.7 Å². The lowest BCUT2D eigenvalue weighted by molar-refractivity contribution is 1.08. The molecule has 0 saturated carbocycles. The van der Waals surface area contributed by atoms with Crippen molar-refractivity contribution in [3.05, 3.63) is 182 Å². The highest BCUT2D eigenvalue weighted by atomic mass is 28.3. The summed E-state index contributed by atoms with van der Waals surface area (Å²) in [5.74, 6) is 1.98. The van der Waals surface area contributed by atoms with E-state index in [0.29, 0.717) is 17.5 Å². The van der Waals surface area contributed by atoms with Crippen LogP contribution in [0.1, 0.15) is 0 Å². The van der Waals surface area contributed by atoms with Crippen LogP contribution in [0.15, 0.2) is 182 Å². The number of nitrogens with zero attached hydrogens (tertiary/aromatic N) is 3. The van der Waals surface area contributed by atoms with Crippen molar-refractivity contribution >= 4 is 45.2 Å². The number of hydrogen-bond donors (Lipinski definition) is 0. The van der Waals surface area contributed by atoms with Crippen molar-refractivity contribution in [1.82, 2.24) is 15.0 Å². The van der Waals surface area contributed by atoms with Gasteiger partial charge in [0.05, 0.1) is 0 Å². The summed E-state index contributed by atoms with van der Waals surface area (Å²) in [5, 5.41) is 8.98. The molecule has 0 radical (unpaired) electrons. The standard InChI is InChI=1S/C48H33N3Si/c1-52(35-21-9-4-10-22-35)42-28-16-15-23-36(42)41-31-34(29-30-43(41)52)44-37-24-11-13-26-39(37)45(40-27-14-12-25-38(40)44)48-50-46(32-17-5-2-6-18-32)49-47(51-48)33-19-7-3-8-20-33/h2-31H,1H3. The Bertz CT molecular complexity index is 2690. The monoisotopic (exact) mass is 679 g/mol. The summed E-state index contributed by atoms with van der Waals surface area (Å²) in [6.45, 7) is 2.51. The van der Waals surface area contributed by atoms with E-state index >= 15 is 0 Å². The predicted molar refractivity (Wildman–Crippen MR) is 219 cm³/mol. The largest absolute Gasteiger partial charge is 0.208 e. The van der Waals surface area contributed by atoms with E-state index in [-0.39, 0.29) is 0 Å². The first-order valence-corrected chi connectivity index (χ1v) is 20.3. The first kappa shape index (κ1) is 30.3. The lowest BCUT2D eigenvalue weighted by Crippen LogP contribution is -2.62. The Balaban J connectivity index is 1.24. The van der Waals surface area contributed by atoms with Crippen LogP contribution < -0.4 is 15.6 Å². The summed E-state index contributed by atoms with van der Waals surface area (Å²) >= 11 is 0. The third-order valence-electron chi connectivity index (χ3n) is 10.8. The lowest BCUT2D eigenvalue weighted by Gasteiger charge is -2.26. The average molecular weight is 680 g/mol. The Morgan fingerprint density at radius 2 is 0.788 bits per heavy atom. The summed E-state index contributed by atoms with van der Waals surface area (Å²) in [6, 6.07) is 65.3. The molecule has 9 aromatic rings. The fourth-order valence-electron chi connectivity index (χ4n) is 8.34. The average Bonchev–Trinajstić information content (AvgIpc) is 3.48. The maximum absolute atomic E-state index is 5.20. The number of aromatic nitrogens is 3. The van der Waals surface area contributed by atoms with Crippen molar-refractivity contribution in [3.63, 3.8) is 0 Å². The molecule has 3 nitrogen and oxygen atoms in total. The smallest absolute Gasteiger partial charge is 0.165 e. The molecule has 0 fully saturated rings. The molecule has 1 unspecified atom stereocenters. The van der Waals surface area contributed by atoms with Crippen LogP contribution in [-0.4, -0.2) is 23.0 Å². The van der Waals surface area contributed by atoms with Crippen LogP contribution in [0.3, 0.4) is 0 Å². The topological polar surface area (TPSA) is 38.7 Å². The molecular formula is C48H33N3Si. The molecule has 1 aromatic heterocycles. The summed E-state index contributed by atoms with van der Waals surface area (Å²) in [4.78, 5) is 15.4. The second-order valence-corrected chi connectivity index (χ2v) is 17.6. The van der Waals surface area contributed by atoms with Gasteiger partial charge in [0.1, 0.15) is 8.07 Å². The van der Waals surface area contributed by atoms with Gasteiger partial charge in [-0.1, -0.05) is 182 Å². The molecule has 244 valence electrons. The molecule has 0 saturated heterocycles. The van der Waals surface area contributed by atoms with Crippen molar-refractivity contribution in [2.24, 2.45) is 0 Å². The fourth-order valence-corrected chi connectivity index (χ4v) is 12.5. The normalized spacial score (nSPS) is 14.7. The minimum absolute atomic E-state index is 0.657. The van der Waals surface area contributed by atoms with E-state index in [9.17, 15) is 0 Å². The lowest BCUT2D eigenvalue weighted by atomic mass is 9.87. The number of benzene rings is 8. The minimum atomic E-state index is -2.18. The maximum Gasteiger partial charge on any atom is 0.165 e. The third-order valence-corrected chi connectivity index (χ3v) is 15.3. The van der Waals surface area contributed by atoms with E-state index < -0.39 is 8.07 Å².